The first-order valence-electron chi connectivity index (χ1n) is 7.93. The number of carbonyl (C=O) groups excluding carboxylic acids is 2. The lowest BCUT2D eigenvalue weighted by Gasteiger charge is -2.08. The zero-order chi connectivity index (χ0) is 19.0. The summed E-state index contributed by atoms with van der Waals surface area (Å²) >= 11 is 1.15. The molecule has 3 aromatic rings. The second-order valence-electron chi connectivity index (χ2n) is 6.15. The molecule has 0 saturated heterocycles. The first kappa shape index (κ1) is 17.8. The van der Waals surface area contributed by atoms with Crippen LogP contribution >= 0.6 is 11.3 Å². The molecule has 0 bridgehead atoms. The summed E-state index contributed by atoms with van der Waals surface area (Å²) in [5, 5.41) is 3.22. The highest BCUT2D eigenvalue weighted by Gasteiger charge is 2.20. The Morgan fingerprint density at radius 2 is 2.00 bits per heavy atom. The van der Waals surface area contributed by atoms with Gasteiger partial charge in [-0.15, -0.1) is 11.3 Å². The number of aryl methyl sites for hydroxylation is 3. The highest BCUT2D eigenvalue weighted by molar-refractivity contribution is 7.20. The van der Waals surface area contributed by atoms with Crippen LogP contribution in [0.4, 0.5) is 5.69 Å². The molecule has 0 unspecified atom stereocenters. The van der Waals surface area contributed by atoms with Crippen LogP contribution in [0.15, 0.2) is 29.3 Å². The van der Waals surface area contributed by atoms with Gasteiger partial charge in [-0.25, -0.2) is 4.98 Å². The maximum absolute atomic E-state index is 12.7. The number of nitrogens with zero attached hydrogens (tertiary/aromatic N) is 2. The smallest absolute Gasteiger partial charge is 0.266 e. The quantitative estimate of drug-likeness (QED) is 0.733. The van der Waals surface area contributed by atoms with Gasteiger partial charge in [0, 0.05) is 5.69 Å². The lowest BCUT2D eigenvalue weighted by Crippen LogP contribution is -2.28. The number of nitrogens with two attached hydrogens (primary N) is 1. The van der Waals surface area contributed by atoms with E-state index >= 15 is 0 Å². The largest absolute Gasteiger partial charge is 0.368 e. The van der Waals surface area contributed by atoms with Crippen LogP contribution in [-0.4, -0.2) is 21.4 Å². The summed E-state index contributed by atoms with van der Waals surface area (Å²) in [7, 11) is 0. The van der Waals surface area contributed by atoms with Crippen molar-refractivity contribution < 1.29 is 9.59 Å². The van der Waals surface area contributed by atoms with Gasteiger partial charge in [-0.2, -0.15) is 0 Å². The van der Waals surface area contributed by atoms with E-state index in [1.165, 1.54) is 6.33 Å². The normalized spacial score (nSPS) is 10.9. The Morgan fingerprint density at radius 1 is 1.27 bits per heavy atom. The lowest BCUT2D eigenvalue weighted by molar-refractivity contribution is -0.118. The molecule has 0 aliphatic heterocycles. The number of nitrogens with one attached hydrogen (secondary N) is 1. The fourth-order valence-corrected chi connectivity index (χ4v) is 3.82. The number of aromatic nitrogens is 2. The monoisotopic (exact) mass is 370 g/mol. The number of hydrogen-bond donors (Lipinski definition) is 2. The Bertz CT molecular complexity index is 1100. The van der Waals surface area contributed by atoms with Crippen molar-refractivity contribution in [2.45, 2.75) is 27.3 Å². The minimum absolute atomic E-state index is 0.249. The first-order chi connectivity index (χ1) is 12.3. The minimum atomic E-state index is -0.631. The fourth-order valence-electron chi connectivity index (χ4n) is 2.79. The summed E-state index contributed by atoms with van der Waals surface area (Å²) in [4.78, 5) is 41.4. The van der Waals surface area contributed by atoms with Gasteiger partial charge in [0.2, 0.25) is 5.91 Å². The van der Waals surface area contributed by atoms with E-state index < -0.39 is 5.91 Å². The maximum Gasteiger partial charge on any atom is 0.266 e. The van der Waals surface area contributed by atoms with Crippen LogP contribution in [0, 0.1) is 20.8 Å². The molecule has 2 amide bonds. The molecule has 0 aliphatic carbocycles. The van der Waals surface area contributed by atoms with E-state index in [2.05, 4.69) is 10.3 Å². The lowest BCUT2D eigenvalue weighted by atomic mass is 10.1. The highest BCUT2D eigenvalue weighted by atomic mass is 32.1. The zero-order valence-corrected chi connectivity index (χ0v) is 15.4. The Hall–Kier alpha value is -3.00. The third-order valence-corrected chi connectivity index (χ3v) is 5.28. The number of rotatable bonds is 4. The Labute approximate surface area is 153 Å². The fraction of sp³-hybridized carbons (Fsp3) is 0.222. The molecule has 0 atom stereocenters. The number of anilines is 1. The number of benzene rings is 1. The number of hydrogen-bond acceptors (Lipinski definition) is 5. The van der Waals surface area contributed by atoms with Gasteiger partial charge >= 0.3 is 0 Å². The third kappa shape index (κ3) is 3.23. The molecule has 0 radical (unpaired) electrons. The van der Waals surface area contributed by atoms with Crippen LogP contribution in [0.25, 0.3) is 10.2 Å². The van der Waals surface area contributed by atoms with Gasteiger partial charge in [0.15, 0.2) is 0 Å². The van der Waals surface area contributed by atoms with Crippen LogP contribution < -0.4 is 16.6 Å². The van der Waals surface area contributed by atoms with E-state index in [-0.39, 0.29) is 18.0 Å². The van der Waals surface area contributed by atoms with E-state index in [1.54, 1.807) is 6.92 Å². The van der Waals surface area contributed by atoms with Crippen molar-refractivity contribution in [1.29, 1.82) is 0 Å². The van der Waals surface area contributed by atoms with E-state index in [0.717, 1.165) is 32.7 Å². The molecule has 7 nitrogen and oxygen atoms in total. The van der Waals surface area contributed by atoms with Gasteiger partial charge in [0.25, 0.3) is 11.5 Å². The van der Waals surface area contributed by atoms with Gasteiger partial charge in [0.05, 0.1) is 16.6 Å². The predicted octanol–water partition coefficient (Wildman–Crippen LogP) is 2.12. The van der Waals surface area contributed by atoms with Crippen LogP contribution in [0.5, 0.6) is 0 Å². The summed E-state index contributed by atoms with van der Waals surface area (Å²) < 4.78 is 1.15. The van der Waals surface area contributed by atoms with Gasteiger partial charge in [-0.05, 0) is 38.0 Å². The second kappa shape index (κ2) is 6.72. The summed E-state index contributed by atoms with van der Waals surface area (Å²) in [5.74, 6) is -0.924. The van der Waals surface area contributed by atoms with E-state index in [0.29, 0.717) is 20.7 Å². The standard InChI is InChI=1S/C18H18N4O3S/c1-9-4-5-12(10(2)6-9)21-16(24)15-11(3)14-17(26-15)20-8-22(18(14)25)7-13(19)23/h4-6,8H,7H2,1-3H3,(H2,19,23)(H,21,24). The Balaban J connectivity index is 2.01. The van der Waals surface area contributed by atoms with Crippen LogP contribution in [0.3, 0.4) is 0 Å². The van der Waals surface area contributed by atoms with Crippen molar-refractivity contribution in [3.8, 4) is 0 Å². The molecular formula is C18H18N4O3S. The first-order valence-corrected chi connectivity index (χ1v) is 8.75. The highest BCUT2D eigenvalue weighted by Crippen LogP contribution is 2.28. The average molecular weight is 370 g/mol. The van der Waals surface area contributed by atoms with Crippen molar-refractivity contribution in [1.82, 2.24) is 9.55 Å². The Kier molecular flexibility index (Phi) is 4.60. The predicted molar refractivity (Wildman–Crippen MR) is 102 cm³/mol. The SMILES string of the molecule is Cc1ccc(NC(=O)c2sc3ncn(CC(N)=O)c(=O)c3c2C)c(C)c1. The maximum atomic E-state index is 12.7. The molecular weight excluding hydrogens is 352 g/mol. The van der Waals surface area contributed by atoms with Crippen molar-refractivity contribution in [3.63, 3.8) is 0 Å². The minimum Gasteiger partial charge on any atom is -0.368 e. The van der Waals surface area contributed by atoms with Gasteiger partial charge in [-0.3, -0.25) is 19.0 Å². The van der Waals surface area contributed by atoms with Crippen molar-refractivity contribution >= 4 is 39.1 Å². The van der Waals surface area contributed by atoms with Gasteiger partial charge in [-0.1, -0.05) is 17.7 Å². The Morgan fingerprint density at radius 3 is 2.65 bits per heavy atom. The van der Waals surface area contributed by atoms with Gasteiger partial charge in [0.1, 0.15) is 11.4 Å². The zero-order valence-electron chi connectivity index (χ0n) is 14.6. The topological polar surface area (TPSA) is 107 Å². The molecule has 26 heavy (non-hydrogen) atoms. The van der Waals surface area contributed by atoms with Crippen molar-refractivity contribution in [2.24, 2.45) is 5.73 Å². The molecule has 0 spiro atoms. The molecule has 0 saturated carbocycles. The molecule has 3 N–H and O–H groups in total. The summed E-state index contributed by atoms with van der Waals surface area (Å²) in [5.41, 5.74) is 8.10. The number of primary amides is 1. The summed E-state index contributed by atoms with van der Waals surface area (Å²) in [6, 6.07) is 5.76. The summed E-state index contributed by atoms with van der Waals surface area (Å²) in [6.07, 6.45) is 1.27. The van der Waals surface area contributed by atoms with Crippen LogP contribution in [0.2, 0.25) is 0 Å². The molecule has 0 fully saturated rings. The van der Waals surface area contributed by atoms with Crippen molar-refractivity contribution in [3.05, 3.63) is 56.4 Å². The number of thiophene rings is 1. The van der Waals surface area contributed by atoms with E-state index in [9.17, 15) is 14.4 Å². The molecule has 3 rings (SSSR count). The molecule has 0 aliphatic rings. The third-order valence-electron chi connectivity index (χ3n) is 4.08. The van der Waals surface area contributed by atoms with E-state index in [4.69, 9.17) is 5.73 Å². The van der Waals surface area contributed by atoms with E-state index in [1.807, 2.05) is 32.0 Å². The number of carbonyl (C=O) groups is 2. The molecule has 1 aromatic carbocycles. The molecule has 8 heteroatoms. The molecule has 2 aromatic heterocycles. The van der Waals surface area contributed by atoms with Crippen LogP contribution in [-0.2, 0) is 11.3 Å². The van der Waals surface area contributed by atoms with Crippen molar-refractivity contribution in [2.75, 3.05) is 5.32 Å². The number of fused-ring (bicyclic) bond motifs is 1. The van der Waals surface area contributed by atoms with Gasteiger partial charge < -0.3 is 11.1 Å². The molecule has 2 heterocycles. The number of amides is 2. The second-order valence-corrected chi connectivity index (χ2v) is 7.15. The molecule has 134 valence electrons. The average Bonchev–Trinajstić information content (AvgIpc) is 2.90. The summed E-state index contributed by atoms with van der Waals surface area (Å²) in [6.45, 7) is 5.36. The van der Waals surface area contributed by atoms with Crippen LogP contribution in [0.1, 0.15) is 26.4 Å².